The summed E-state index contributed by atoms with van der Waals surface area (Å²) in [5.41, 5.74) is 2.57. The van der Waals surface area contributed by atoms with Crippen molar-refractivity contribution in [3.05, 3.63) is 74.1 Å². The average Bonchev–Trinajstić information content (AvgIpc) is 3.00. The first-order valence-electron chi connectivity index (χ1n) is 8.36. The molecule has 0 bridgehead atoms. The number of thiazole rings is 1. The number of hydrogen-bond acceptors (Lipinski definition) is 2. The van der Waals surface area contributed by atoms with Crippen LogP contribution in [-0.2, 0) is 13.0 Å². The van der Waals surface area contributed by atoms with E-state index in [1.165, 1.54) is 40.5 Å². The van der Waals surface area contributed by atoms with Gasteiger partial charge in [-0.3, -0.25) is 4.79 Å². The Bertz CT molecular complexity index is 988. The molecule has 0 saturated heterocycles. The van der Waals surface area contributed by atoms with E-state index in [2.05, 4.69) is 44.5 Å². The van der Waals surface area contributed by atoms with Gasteiger partial charge in [0.05, 0.1) is 5.69 Å². The predicted octanol–water partition coefficient (Wildman–Crippen LogP) is 5.44. The molecule has 134 valence electrons. The summed E-state index contributed by atoms with van der Waals surface area (Å²) in [4.78, 5) is 18.6. The van der Waals surface area contributed by atoms with Gasteiger partial charge in [-0.2, -0.15) is 4.99 Å². The molecule has 3 rings (SSSR count). The molecule has 0 spiro atoms. The maximum atomic E-state index is 13.1. The molecule has 0 aliphatic rings. The highest BCUT2D eigenvalue weighted by molar-refractivity contribution is 9.10. The highest BCUT2D eigenvalue weighted by Gasteiger charge is 2.15. The second-order valence-electron chi connectivity index (χ2n) is 5.68. The van der Waals surface area contributed by atoms with E-state index < -0.39 is 0 Å². The van der Waals surface area contributed by atoms with E-state index >= 15 is 0 Å². The molecule has 2 aromatic carbocycles. The molecule has 3 nitrogen and oxygen atoms in total. The smallest absolute Gasteiger partial charge is 0.279 e. The van der Waals surface area contributed by atoms with Gasteiger partial charge in [-0.25, -0.2) is 4.39 Å². The van der Waals surface area contributed by atoms with Gasteiger partial charge in [0.1, 0.15) is 5.82 Å². The van der Waals surface area contributed by atoms with Gasteiger partial charge < -0.3 is 4.57 Å². The Labute approximate surface area is 164 Å². The lowest BCUT2D eigenvalue weighted by molar-refractivity contribution is 0.0998. The predicted molar refractivity (Wildman–Crippen MR) is 107 cm³/mol. The van der Waals surface area contributed by atoms with Crippen molar-refractivity contribution in [2.45, 2.75) is 26.8 Å². The zero-order valence-electron chi connectivity index (χ0n) is 14.5. The summed E-state index contributed by atoms with van der Waals surface area (Å²) in [5.74, 6) is -0.731. The van der Waals surface area contributed by atoms with Crippen LogP contribution in [0.25, 0.3) is 11.3 Å². The monoisotopic (exact) mass is 432 g/mol. The molecular weight excluding hydrogens is 415 g/mol. The van der Waals surface area contributed by atoms with Crippen molar-refractivity contribution in [3.63, 3.8) is 0 Å². The molecule has 6 heteroatoms. The van der Waals surface area contributed by atoms with Crippen LogP contribution in [0.5, 0.6) is 0 Å². The molecule has 1 aromatic heterocycles. The number of carbonyl (C=O) groups is 1. The molecule has 0 radical (unpaired) electrons. The number of aryl methyl sites for hydroxylation is 1. The normalized spacial score (nSPS) is 11.8. The van der Waals surface area contributed by atoms with Crippen LogP contribution in [-0.4, -0.2) is 10.5 Å². The summed E-state index contributed by atoms with van der Waals surface area (Å²) in [5, 5.41) is 0. The number of benzene rings is 2. The number of aromatic nitrogens is 1. The topological polar surface area (TPSA) is 34.4 Å². The van der Waals surface area contributed by atoms with E-state index in [0.717, 1.165) is 22.2 Å². The Balaban J connectivity index is 2.12. The molecule has 0 fully saturated rings. The van der Waals surface area contributed by atoms with Crippen molar-refractivity contribution in [1.82, 2.24) is 4.57 Å². The van der Waals surface area contributed by atoms with Crippen molar-refractivity contribution in [2.75, 3.05) is 0 Å². The van der Waals surface area contributed by atoms with Gasteiger partial charge in [0.2, 0.25) is 0 Å². The lowest BCUT2D eigenvalue weighted by Crippen LogP contribution is -2.17. The molecule has 0 aliphatic heterocycles. The molecule has 0 aliphatic carbocycles. The maximum absolute atomic E-state index is 13.1. The summed E-state index contributed by atoms with van der Waals surface area (Å²) in [7, 11) is 0. The maximum Gasteiger partial charge on any atom is 0.279 e. The van der Waals surface area contributed by atoms with Gasteiger partial charge in [0.25, 0.3) is 5.91 Å². The minimum absolute atomic E-state index is 0.363. The molecule has 0 saturated carbocycles. The van der Waals surface area contributed by atoms with E-state index in [4.69, 9.17) is 0 Å². The standard InChI is InChI=1S/C20H18BrFN2OS/c1-3-17-18(13-5-9-15(21)10-6-13)24(4-2)20(26-17)23-19(25)14-7-11-16(22)12-8-14/h5-12H,3-4H2,1-2H3. The van der Waals surface area contributed by atoms with Gasteiger partial charge in [0, 0.05) is 21.5 Å². The molecular formula is C20H18BrFN2OS. The van der Waals surface area contributed by atoms with Crippen molar-refractivity contribution >= 4 is 33.2 Å². The molecule has 0 N–H and O–H groups in total. The Morgan fingerprint density at radius 2 is 1.77 bits per heavy atom. The third kappa shape index (κ3) is 3.86. The Kier molecular flexibility index (Phi) is 5.84. The largest absolute Gasteiger partial charge is 0.316 e. The average molecular weight is 433 g/mol. The zero-order chi connectivity index (χ0) is 18.7. The SMILES string of the molecule is CCc1sc(=NC(=O)c2ccc(F)cc2)n(CC)c1-c1ccc(Br)cc1. The van der Waals surface area contributed by atoms with E-state index in [9.17, 15) is 9.18 Å². The third-order valence-electron chi connectivity index (χ3n) is 4.02. The number of carbonyl (C=O) groups excluding carboxylic acids is 1. The molecule has 1 heterocycles. The van der Waals surface area contributed by atoms with E-state index in [1.807, 2.05) is 19.1 Å². The van der Waals surface area contributed by atoms with E-state index in [1.54, 1.807) is 0 Å². The third-order valence-corrected chi connectivity index (χ3v) is 5.77. The second kappa shape index (κ2) is 8.10. The van der Waals surface area contributed by atoms with E-state index in [-0.39, 0.29) is 11.7 Å². The van der Waals surface area contributed by atoms with Crippen molar-refractivity contribution in [3.8, 4) is 11.3 Å². The van der Waals surface area contributed by atoms with E-state index in [0.29, 0.717) is 16.9 Å². The Morgan fingerprint density at radius 3 is 2.35 bits per heavy atom. The molecule has 0 unspecified atom stereocenters. The molecule has 26 heavy (non-hydrogen) atoms. The molecule has 3 aromatic rings. The van der Waals surface area contributed by atoms with Gasteiger partial charge >= 0.3 is 0 Å². The summed E-state index contributed by atoms with van der Waals surface area (Å²) in [6.45, 7) is 4.84. The molecule has 1 amide bonds. The molecule has 0 atom stereocenters. The summed E-state index contributed by atoms with van der Waals surface area (Å²) in [6, 6.07) is 13.6. The Morgan fingerprint density at radius 1 is 1.12 bits per heavy atom. The van der Waals surface area contributed by atoms with Crippen LogP contribution in [0.3, 0.4) is 0 Å². The number of hydrogen-bond donors (Lipinski definition) is 0. The van der Waals surface area contributed by atoms with Crippen LogP contribution in [0, 0.1) is 5.82 Å². The number of rotatable bonds is 4. The van der Waals surface area contributed by atoms with Crippen LogP contribution in [0.4, 0.5) is 4.39 Å². The summed E-state index contributed by atoms with van der Waals surface area (Å²) in [6.07, 6.45) is 0.857. The van der Waals surface area contributed by atoms with Crippen LogP contribution in [0.2, 0.25) is 0 Å². The van der Waals surface area contributed by atoms with Crippen molar-refractivity contribution < 1.29 is 9.18 Å². The van der Waals surface area contributed by atoms with Gasteiger partial charge in [-0.1, -0.05) is 35.0 Å². The van der Waals surface area contributed by atoms with Gasteiger partial charge in [0.15, 0.2) is 4.80 Å². The highest BCUT2D eigenvalue weighted by atomic mass is 79.9. The fourth-order valence-electron chi connectivity index (χ4n) is 2.74. The van der Waals surface area contributed by atoms with Gasteiger partial charge in [-0.05, 0) is 55.3 Å². The van der Waals surface area contributed by atoms with Gasteiger partial charge in [-0.15, -0.1) is 11.3 Å². The Hall–Kier alpha value is -2.05. The van der Waals surface area contributed by atoms with Crippen molar-refractivity contribution in [1.29, 1.82) is 0 Å². The van der Waals surface area contributed by atoms with Crippen LogP contribution < -0.4 is 4.80 Å². The number of halogens is 2. The number of nitrogens with zero attached hydrogens (tertiary/aromatic N) is 2. The van der Waals surface area contributed by atoms with Crippen LogP contribution in [0.15, 0.2) is 58.0 Å². The highest BCUT2D eigenvalue weighted by Crippen LogP contribution is 2.27. The first-order valence-corrected chi connectivity index (χ1v) is 9.97. The first-order chi connectivity index (χ1) is 12.5. The van der Waals surface area contributed by atoms with Crippen molar-refractivity contribution in [2.24, 2.45) is 4.99 Å². The minimum Gasteiger partial charge on any atom is -0.316 e. The fourth-order valence-corrected chi connectivity index (χ4v) is 4.16. The summed E-state index contributed by atoms with van der Waals surface area (Å²) < 4.78 is 16.2. The number of amides is 1. The minimum atomic E-state index is -0.368. The first kappa shape index (κ1) is 18.7. The fraction of sp³-hybridized carbons (Fsp3) is 0.200. The quantitative estimate of drug-likeness (QED) is 0.540. The lowest BCUT2D eigenvalue weighted by Gasteiger charge is -2.08. The van der Waals surface area contributed by atoms with Crippen LogP contribution >= 0.6 is 27.3 Å². The summed E-state index contributed by atoms with van der Waals surface area (Å²) >= 11 is 4.99. The lowest BCUT2D eigenvalue weighted by atomic mass is 10.1. The van der Waals surface area contributed by atoms with Crippen LogP contribution in [0.1, 0.15) is 29.1 Å². The zero-order valence-corrected chi connectivity index (χ0v) is 16.9. The second-order valence-corrected chi connectivity index (χ2v) is 7.66.